The molecule has 0 unspecified atom stereocenters. The summed E-state index contributed by atoms with van der Waals surface area (Å²) in [5, 5.41) is 1.02. The Balaban J connectivity index is 2.66. The molecule has 0 aromatic heterocycles. The molecule has 2 rings (SSSR count). The largest absolute Gasteiger partial charge is 0.294 e. The number of Topliss-reactive ketones (excluding diaryl/α,β-unsaturated/α-hetero) is 1. The van der Waals surface area contributed by atoms with Gasteiger partial charge in [-0.05, 0) is 30.9 Å². The number of halogens is 3. The molecule has 0 amide bonds. The van der Waals surface area contributed by atoms with Gasteiger partial charge in [-0.25, -0.2) is 0 Å². The van der Waals surface area contributed by atoms with Crippen molar-refractivity contribution < 1.29 is 4.79 Å². The van der Waals surface area contributed by atoms with Crippen LogP contribution < -0.4 is 0 Å². The lowest BCUT2D eigenvalue weighted by Crippen LogP contribution is -2.02. The number of carbonyl (C=O) groups is 1. The number of aryl methyl sites for hydroxylation is 1. The van der Waals surface area contributed by atoms with Gasteiger partial charge in [0.25, 0.3) is 0 Å². The van der Waals surface area contributed by atoms with E-state index in [1.165, 1.54) is 0 Å². The van der Waals surface area contributed by atoms with Gasteiger partial charge in [-0.2, -0.15) is 0 Å². The zero-order valence-corrected chi connectivity index (χ0v) is 10.2. The van der Waals surface area contributed by atoms with E-state index in [1.54, 1.807) is 6.07 Å². The molecule has 0 N–H and O–H groups in total. The lowest BCUT2D eigenvalue weighted by Gasteiger charge is -2.09. The predicted molar refractivity (Wildman–Crippen MR) is 63.4 cm³/mol. The smallest absolute Gasteiger partial charge is 0.164 e. The average Bonchev–Trinajstić information content (AvgIpc) is 2.37. The number of hydrogen-bond donors (Lipinski definition) is 0. The molecule has 15 heavy (non-hydrogen) atoms. The van der Waals surface area contributed by atoms with Gasteiger partial charge in [-0.15, -0.1) is 0 Å². The normalized spacial score (nSPS) is 16.1. The predicted octanol–water partition coefficient (Wildman–Crippen LogP) is 4.56. The van der Waals surface area contributed by atoms with Crippen LogP contribution in [0.2, 0.25) is 15.1 Å². The van der Waals surface area contributed by atoms with E-state index in [1.807, 2.05) is 0 Å². The molecule has 4 heteroatoms. The maximum absolute atomic E-state index is 11.8. The molecule has 0 aliphatic heterocycles. The first-order chi connectivity index (χ1) is 7.11. The highest BCUT2D eigenvalue weighted by molar-refractivity contribution is 6.49. The molecule has 1 nitrogen and oxygen atoms in total. The summed E-state index contributed by atoms with van der Waals surface area (Å²) in [5.41, 5.74) is 1.50. The molecule has 80 valence electrons. The van der Waals surface area contributed by atoms with E-state index in [-0.39, 0.29) is 10.8 Å². The number of fused-ring (bicyclic) bond motifs is 1. The fourth-order valence-electron chi connectivity index (χ4n) is 1.87. The molecule has 1 aliphatic carbocycles. The van der Waals surface area contributed by atoms with E-state index in [9.17, 15) is 4.79 Å². The third-order valence-electron chi connectivity index (χ3n) is 2.62. The SMILES string of the molecule is O=C1CCCCc2cc(Cl)c(Cl)c(Cl)c21. The van der Waals surface area contributed by atoms with Gasteiger partial charge in [-0.3, -0.25) is 4.79 Å². The van der Waals surface area contributed by atoms with Crippen LogP contribution in [0.4, 0.5) is 0 Å². The summed E-state index contributed by atoms with van der Waals surface area (Å²) in [6, 6.07) is 1.76. The molecule has 0 fully saturated rings. The van der Waals surface area contributed by atoms with Crippen LogP contribution >= 0.6 is 34.8 Å². The van der Waals surface area contributed by atoms with E-state index in [0.717, 1.165) is 24.8 Å². The molecule has 1 aromatic rings. The Bertz CT molecular complexity index is 426. The highest BCUT2D eigenvalue weighted by Crippen LogP contribution is 2.37. The van der Waals surface area contributed by atoms with E-state index in [0.29, 0.717) is 22.0 Å². The van der Waals surface area contributed by atoms with Crippen molar-refractivity contribution in [1.82, 2.24) is 0 Å². The van der Waals surface area contributed by atoms with Crippen molar-refractivity contribution in [3.8, 4) is 0 Å². The molecule has 0 heterocycles. The second-order valence-corrected chi connectivity index (χ2v) is 4.81. The molecule has 0 spiro atoms. The first-order valence-corrected chi connectivity index (χ1v) is 5.94. The van der Waals surface area contributed by atoms with Crippen LogP contribution in [-0.4, -0.2) is 5.78 Å². The highest BCUT2D eigenvalue weighted by atomic mass is 35.5. The summed E-state index contributed by atoms with van der Waals surface area (Å²) < 4.78 is 0. The number of carbonyl (C=O) groups excluding carboxylic acids is 1. The van der Waals surface area contributed by atoms with Crippen LogP contribution in [0.3, 0.4) is 0 Å². The van der Waals surface area contributed by atoms with E-state index in [2.05, 4.69) is 0 Å². The maximum atomic E-state index is 11.8. The van der Waals surface area contributed by atoms with Crippen LogP contribution in [0.25, 0.3) is 0 Å². The van der Waals surface area contributed by atoms with Crippen LogP contribution in [0, 0.1) is 0 Å². The zero-order chi connectivity index (χ0) is 11.0. The first kappa shape index (κ1) is 11.3. The fourth-order valence-corrected chi connectivity index (χ4v) is 2.62. The highest BCUT2D eigenvalue weighted by Gasteiger charge is 2.22. The van der Waals surface area contributed by atoms with Gasteiger partial charge < -0.3 is 0 Å². The van der Waals surface area contributed by atoms with Crippen LogP contribution in [0.15, 0.2) is 6.07 Å². The third kappa shape index (κ3) is 2.01. The minimum atomic E-state index is 0.0751. The van der Waals surface area contributed by atoms with Crippen molar-refractivity contribution in [2.24, 2.45) is 0 Å². The monoisotopic (exact) mass is 262 g/mol. The summed E-state index contributed by atoms with van der Waals surface area (Å²) >= 11 is 17.9. The lowest BCUT2D eigenvalue weighted by molar-refractivity contribution is 0.0982. The summed E-state index contributed by atoms with van der Waals surface area (Å²) in [5.74, 6) is 0.0751. The summed E-state index contributed by atoms with van der Waals surface area (Å²) in [6.07, 6.45) is 3.29. The second kappa shape index (κ2) is 4.32. The van der Waals surface area contributed by atoms with Crippen LogP contribution in [0.5, 0.6) is 0 Å². The Morgan fingerprint density at radius 3 is 2.40 bits per heavy atom. The van der Waals surface area contributed by atoms with Gasteiger partial charge in [0.1, 0.15) is 0 Å². The van der Waals surface area contributed by atoms with Gasteiger partial charge in [0.05, 0.1) is 15.1 Å². The van der Waals surface area contributed by atoms with Gasteiger partial charge >= 0.3 is 0 Å². The molecular weight excluding hydrogens is 254 g/mol. The maximum Gasteiger partial charge on any atom is 0.164 e. The number of hydrogen-bond acceptors (Lipinski definition) is 1. The van der Waals surface area contributed by atoms with E-state index < -0.39 is 0 Å². The molecule has 0 bridgehead atoms. The number of benzene rings is 1. The summed E-state index contributed by atoms with van der Waals surface area (Å²) in [6.45, 7) is 0. The van der Waals surface area contributed by atoms with Crippen molar-refractivity contribution in [1.29, 1.82) is 0 Å². The van der Waals surface area contributed by atoms with Gasteiger partial charge in [0.2, 0.25) is 0 Å². The van der Waals surface area contributed by atoms with Crippen molar-refractivity contribution in [2.45, 2.75) is 25.7 Å². The van der Waals surface area contributed by atoms with E-state index >= 15 is 0 Å². The molecule has 0 saturated carbocycles. The fraction of sp³-hybridized carbons (Fsp3) is 0.364. The van der Waals surface area contributed by atoms with Gasteiger partial charge in [0, 0.05) is 12.0 Å². The standard InChI is InChI=1S/C11H9Cl3O/c12-7-5-6-3-1-2-4-8(15)9(6)11(14)10(7)13/h5H,1-4H2. The Morgan fingerprint density at radius 2 is 1.67 bits per heavy atom. The van der Waals surface area contributed by atoms with Crippen LogP contribution in [0.1, 0.15) is 35.2 Å². The topological polar surface area (TPSA) is 17.1 Å². The minimum absolute atomic E-state index is 0.0751. The Hall–Kier alpha value is -0.240. The zero-order valence-electron chi connectivity index (χ0n) is 7.95. The Kier molecular flexibility index (Phi) is 3.24. The third-order valence-corrected chi connectivity index (χ3v) is 3.88. The Morgan fingerprint density at radius 1 is 1.00 bits per heavy atom. The molecule has 0 atom stereocenters. The van der Waals surface area contributed by atoms with Crippen LogP contribution in [-0.2, 0) is 6.42 Å². The van der Waals surface area contributed by atoms with Crippen molar-refractivity contribution in [2.75, 3.05) is 0 Å². The van der Waals surface area contributed by atoms with Crippen molar-refractivity contribution in [3.63, 3.8) is 0 Å². The summed E-state index contributed by atoms with van der Waals surface area (Å²) in [7, 11) is 0. The second-order valence-electron chi connectivity index (χ2n) is 3.65. The average molecular weight is 264 g/mol. The van der Waals surface area contributed by atoms with Gasteiger partial charge in [0.15, 0.2) is 5.78 Å². The molecular formula is C11H9Cl3O. The molecule has 0 radical (unpaired) electrons. The van der Waals surface area contributed by atoms with Gasteiger partial charge in [-0.1, -0.05) is 34.8 Å². The minimum Gasteiger partial charge on any atom is -0.294 e. The first-order valence-electron chi connectivity index (χ1n) is 4.81. The van der Waals surface area contributed by atoms with Crippen molar-refractivity contribution >= 4 is 40.6 Å². The van der Waals surface area contributed by atoms with E-state index in [4.69, 9.17) is 34.8 Å². The number of ketones is 1. The summed E-state index contributed by atoms with van der Waals surface area (Å²) in [4.78, 5) is 11.8. The molecule has 1 aliphatic rings. The Labute approximate surface area is 103 Å². The molecule has 1 aromatic carbocycles. The lowest BCUT2D eigenvalue weighted by atomic mass is 10.0. The number of rotatable bonds is 0. The quantitative estimate of drug-likeness (QED) is 0.495. The molecule has 0 saturated heterocycles. The van der Waals surface area contributed by atoms with Crippen molar-refractivity contribution in [3.05, 3.63) is 32.3 Å².